The van der Waals surface area contributed by atoms with Gasteiger partial charge < -0.3 is 10.2 Å². The molecule has 0 aromatic heterocycles. The average Bonchev–Trinajstić information content (AvgIpc) is 3.01. The molecule has 1 spiro atoms. The molecule has 2 N–H and O–H groups in total. The summed E-state index contributed by atoms with van der Waals surface area (Å²) < 4.78 is 0. The van der Waals surface area contributed by atoms with Gasteiger partial charge in [0.15, 0.2) is 5.78 Å². The van der Waals surface area contributed by atoms with Gasteiger partial charge >= 0.3 is 0 Å². The molecule has 0 amide bonds. The van der Waals surface area contributed by atoms with Crippen LogP contribution in [0.4, 0.5) is 0 Å². The number of hydrogen-bond acceptors (Lipinski definition) is 3. The summed E-state index contributed by atoms with van der Waals surface area (Å²) in [7, 11) is 0. The molecule has 0 aromatic rings. The zero-order valence-electron chi connectivity index (χ0n) is 14.8. The lowest BCUT2D eigenvalue weighted by Crippen LogP contribution is -2.50. The van der Waals surface area contributed by atoms with Gasteiger partial charge in [-0.1, -0.05) is 33.8 Å². The number of carbonyl (C=O) groups is 1. The molecule has 0 saturated heterocycles. The summed E-state index contributed by atoms with van der Waals surface area (Å²) in [5, 5.41) is 21.0. The second kappa shape index (κ2) is 4.29. The van der Waals surface area contributed by atoms with Crippen LogP contribution in [0.5, 0.6) is 0 Å². The molecule has 8 atom stereocenters. The number of carbonyl (C=O) groups excluding carboxylic acids is 1. The molecular formula is C20H30O3. The van der Waals surface area contributed by atoms with Gasteiger partial charge in [0, 0.05) is 12.0 Å². The number of fused-ring (bicyclic) bond motifs is 2. The van der Waals surface area contributed by atoms with Crippen molar-refractivity contribution in [2.24, 2.45) is 39.4 Å². The van der Waals surface area contributed by atoms with Crippen molar-refractivity contribution in [3.8, 4) is 0 Å². The summed E-state index contributed by atoms with van der Waals surface area (Å²) in [5.74, 6) is 1.37. The highest BCUT2D eigenvalue weighted by Crippen LogP contribution is 2.79. The molecular weight excluding hydrogens is 288 g/mol. The van der Waals surface area contributed by atoms with E-state index >= 15 is 0 Å². The first kappa shape index (κ1) is 15.8. The molecule has 0 heterocycles. The molecule has 3 fully saturated rings. The second-order valence-corrected chi connectivity index (χ2v) is 9.72. The molecule has 0 bridgehead atoms. The predicted molar refractivity (Wildman–Crippen MR) is 88.6 cm³/mol. The Hall–Kier alpha value is -0.670. The standard InChI is InChI=1S/C20H30O3/c1-12-5-6-14(22)19(4)8-7-13-16-17(2,11-21)9-15(23)18(16,3)10-20(12,13)19/h5-6,12-13,15-16,21,23H,7-11H2,1-4H3/t12-,13-,15+,16+,17+,18-,19-,20-/m0/s1. The summed E-state index contributed by atoms with van der Waals surface area (Å²) in [6.45, 7) is 8.92. The maximum absolute atomic E-state index is 12.8. The highest BCUT2D eigenvalue weighted by atomic mass is 16.3. The lowest BCUT2D eigenvalue weighted by molar-refractivity contribution is -0.135. The van der Waals surface area contributed by atoms with Crippen LogP contribution in [-0.2, 0) is 4.79 Å². The minimum Gasteiger partial charge on any atom is -0.396 e. The highest BCUT2D eigenvalue weighted by Gasteiger charge is 2.77. The number of hydrogen-bond donors (Lipinski definition) is 2. The van der Waals surface area contributed by atoms with Gasteiger partial charge in [-0.2, -0.15) is 0 Å². The van der Waals surface area contributed by atoms with Crippen LogP contribution in [0, 0.1) is 39.4 Å². The first-order chi connectivity index (χ1) is 10.7. The summed E-state index contributed by atoms with van der Waals surface area (Å²) >= 11 is 0. The molecule has 0 aliphatic heterocycles. The van der Waals surface area contributed by atoms with E-state index < -0.39 is 0 Å². The van der Waals surface area contributed by atoms with Gasteiger partial charge in [0.1, 0.15) is 0 Å². The highest BCUT2D eigenvalue weighted by molar-refractivity contribution is 5.96. The van der Waals surface area contributed by atoms with E-state index in [1.165, 1.54) is 0 Å². The van der Waals surface area contributed by atoms with E-state index in [9.17, 15) is 15.0 Å². The molecule has 3 nitrogen and oxygen atoms in total. The Bertz CT molecular complexity index is 598. The van der Waals surface area contributed by atoms with Gasteiger partial charge in [0.05, 0.1) is 6.10 Å². The number of allylic oxidation sites excluding steroid dienone is 2. The van der Waals surface area contributed by atoms with Gasteiger partial charge in [-0.15, -0.1) is 0 Å². The topological polar surface area (TPSA) is 57.5 Å². The number of aliphatic hydroxyl groups is 2. The third-order valence-electron chi connectivity index (χ3n) is 8.86. The van der Waals surface area contributed by atoms with Crippen LogP contribution in [-0.4, -0.2) is 28.7 Å². The van der Waals surface area contributed by atoms with Gasteiger partial charge in [0.2, 0.25) is 0 Å². The molecule has 4 aliphatic carbocycles. The van der Waals surface area contributed by atoms with E-state index in [1.54, 1.807) is 6.08 Å². The Labute approximate surface area is 139 Å². The fourth-order valence-corrected chi connectivity index (χ4v) is 7.85. The van der Waals surface area contributed by atoms with Crippen LogP contribution in [0.2, 0.25) is 0 Å². The molecule has 128 valence electrons. The molecule has 0 aromatic carbocycles. The third kappa shape index (κ3) is 1.48. The first-order valence-corrected chi connectivity index (χ1v) is 9.17. The summed E-state index contributed by atoms with van der Waals surface area (Å²) in [4.78, 5) is 12.8. The van der Waals surface area contributed by atoms with Crippen molar-refractivity contribution >= 4 is 5.78 Å². The summed E-state index contributed by atoms with van der Waals surface area (Å²) in [5.41, 5.74) is -0.744. The third-order valence-corrected chi connectivity index (χ3v) is 8.86. The van der Waals surface area contributed by atoms with Crippen molar-refractivity contribution in [1.82, 2.24) is 0 Å². The van der Waals surface area contributed by atoms with Crippen molar-refractivity contribution in [2.75, 3.05) is 6.61 Å². The van der Waals surface area contributed by atoms with E-state index in [4.69, 9.17) is 0 Å². The van der Waals surface area contributed by atoms with Gasteiger partial charge in [-0.3, -0.25) is 4.79 Å². The van der Waals surface area contributed by atoms with Crippen molar-refractivity contribution in [3.05, 3.63) is 12.2 Å². The number of ketones is 1. The van der Waals surface area contributed by atoms with E-state index in [-0.39, 0.29) is 40.2 Å². The minimum absolute atomic E-state index is 0.0456. The molecule has 3 saturated carbocycles. The molecule has 0 unspecified atom stereocenters. The van der Waals surface area contributed by atoms with Crippen LogP contribution in [0.3, 0.4) is 0 Å². The van der Waals surface area contributed by atoms with E-state index in [0.29, 0.717) is 24.2 Å². The van der Waals surface area contributed by atoms with Gasteiger partial charge in [-0.05, 0) is 65.8 Å². The lowest BCUT2D eigenvalue weighted by atomic mass is 9.52. The van der Waals surface area contributed by atoms with E-state index in [2.05, 4.69) is 33.8 Å². The maximum Gasteiger partial charge on any atom is 0.161 e. The van der Waals surface area contributed by atoms with Crippen LogP contribution < -0.4 is 0 Å². The predicted octanol–water partition coefficient (Wildman–Crippen LogP) is 2.95. The normalized spacial score (nSPS) is 60.7. The zero-order chi connectivity index (χ0) is 16.8. The Balaban J connectivity index is 1.91. The van der Waals surface area contributed by atoms with Crippen LogP contribution in [0.15, 0.2) is 12.2 Å². The molecule has 4 rings (SSSR count). The molecule has 4 aliphatic rings. The fraction of sp³-hybridized carbons (Fsp3) is 0.850. The molecule has 0 radical (unpaired) electrons. The van der Waals surface area contributed by atoms with Gasteiger partial charge in [-0.25, -0.2) is 0 Å². The maximum atomic E-state index is 12.8. The van der Waals surface area contributed by atoms with Crippen LogP contribution in [0.1, 0.15) is 53.4 Å². The van der Waals surface area contributed by atoms with Gasteiger partial charge in [0.25, 0.3) is 0 Å². The van der Waals surface area contributed by atoms with Crippen molar-refractivity contribution < 1.29 is 15.0 Å². The lowest BCUT2D eigenvalue weighted by Gasteiger charge is -2.50. The van der Waals surface area contributed by atoms with E-state index in [1.807, 2.05) is 0 Å². The zero-order valence-corrected chi connectivity index (χ0v) is 14.8. The van der Waals surface area contributed by atoms with Crippen molar-refractivity contribution in [2.45, 2.75) is 59.5 Å². The molecule has 3 heteroatoms. The van der Waals surface area contributed by atoms with E-state index in [0.717, 1.165) is 19.3 Å². The number of aliphatic hydroxyl groups excluding tert-OH is 2. The summed E-state index contributed by atoms with van der Waals surface area (Å²) in [6.07, 6.45) is 7.14. The average molecular weight is 318 g/mol. The summed E-state index contributed by atoms with van der Waals surface area (Å²) in [6, 6.07) is 0. The van der Waals surface area contributed by atoms with Crippen LogP contribution in [0.25, 0.3) is 0 Å². The fourth-order valence-electron chi connectivity index (χ4n) is 7.85. The Morgan fingerprint density at radius 3 is 2.65 bits per heavy atom. The number of rotatable bonds is 1. The smallest absolute Gasteiger partial charge is 0.161 e. The first-order valence-electron chi connectivity index (χ1n) is 9.17. The Kier molecular flexibility index (Phi) is 2.95. The largest absolute Gasteiger partial charge is 0.396 e. The quantitative estimate of drug-likeness (QED) is 0.781. The Morgan fingerprint density at radius 1 is 1.30 bits per heavy atom. The SMILES string of the molecule is C[C@H]1C=CC(=O)[C@]2(C)CC[C@H]3[C@@H]4[C@@](C)(CO)C[C@@H](O)[C@]4(C)C[C@]132. The Morgan fingerprint density at radius 2 is 2.00 bits per heavy atom. The monoisotopic (exact) mass is 318 g/mol. The van der Waals surface area contributed by atoms with Crippen LogP contribution >= 0.6 is 0 Å². The van der Waals surface area contributed by atoms with Crippen molar-refractivity contribution in [3.63, 3.8) is 0 Å². The van der Waals surface area contributed by atoms with Crippen molar-refractivity contribution in [1.29, 1.82) is 0 Å². The molecule has 23 heavy (non-hydrogen) atoms. The second-order valence-electron chi connectivity index (χ2n) is 9.72. The minimum atomic E-state index is -0.373.